The Hall–Kier alpha value is -1.58. The van der Waals surface area contributed by atoms with E-state index in [2.05, 4.69) is 17.0 Å². The average molecular weight is 249 g/mol. The summed E-state index contributed by atoms with van der Waals surface area (Å²) in [5, 5.41) is 7.35. The number of amides is 1. The summed E-state index contributed by atoms with van der Waals surface area (Å²) in [7, 11) is 0. The molecule has 1 rings (SSSR count). The van der Waals surface area contributed by atoms with Gasteiger partial charge < -0.3 is 5.32 Å². The average Bonchev–Trinajstić information content (AvgIpc) is 2.52. The molecule has 1 aromatic rings. The number of nitrogens with one attached hydrogen (secondary N) is 1. The summed E-state index contributed by atoms with van der Waals surface area (Å²) in [5.74, 6) is 0.0975. The lowest BCUT2D eigenvalue weighted by Crippen LogP contribution is -2.30. The van der Waals surface area contributed by atoms with Crippen LogP contribution in [0.3, 0.4) is 0 Å². The number of aryl methyl sites for hydroxylation is 1. The largest absolute Gasteiger partial charge is 0.354 e. The van der Waals surface area contributed by atoms with Gasteiger partial charge in [0.2, 0.25) is 5.91 Å². The quantitative estimate of drug-likeness (QED) is 0.785. The Morgan fingerprint density at radius 1 is 1.50 bits per heavy atom. The second kappa shape index (κ2) is 6.38. The Bertz CT molecular complexity index is 432. The van der Waals surface area contributed by atoms with Gasteiger partial charge >= 0.3 is 0 Å². The van der Waals surface area contributed by atoms with Crippen molar-refractivity contribution in [3.8, 4) is 0 Å². The molecule has 1 heterocycles. The first kappa shape index (κ1) is 14.5. The van der Waals surface area contributed by atoms with Crippen LogP contribution in [-0.4, -0.2) is 21.7 Å². The van der Waals surface area contributed by atoms with Crippen molar-refractivity contribution in [1.29, 1.82) is 0 Å². The molecule has 0 radical (unpaired) electrons. The van der Waals surface area contributed by atoms with Crippen LogP contribution in [0.15, 0.2) is 12.7 Å². The van der Waals surface area contributed by atoms with Gasteiger partial charge in [0.1, 0.15) is 0 Å². The lowest BCUT2D eigenvalue weighted by atomic mass is 10.1. The highest BCUT2D eigenvalue weighted by molar-refractivity contribution is 5.76. The second-order valence-corrected chi connectivity index (χ2v) is 4.84. The molecular weight excluding hydrogens is 226 g/mol. The molecule has 0 fully saturated rings. The molecule has 4 nitrogen and oxygen atoms in total. The number of carbonyl (C=O) groups is 1. The van der Waals surface area contributed by atoms with Crippen molar-refractivity contribution in [1.82, 2.24) is 15.1 Å². The van der Waals surface area contributed by atoms with Gasteiger partial charge in [0.25, 0.3) is 0 Å². The van der Waals surface area contributed by atoms with Crippen LogP contribution in [-0.2, 0) is 17.8 Å². The maximum absolute atomic E-state index is 11.6. The first-order chi connectivity index (χ1) is 8.45. The Labute approximate surface area is 109 Å². The van der Waals surface area contributed by atoms with Crippen LogP contribution >= 0.6 is 0 Å². The maximum atomic E-state index is 11.6. The van der Waals surface area contributed by atoms with E-state index < -0.39 is 0 Å². The monoisotopic (exact) mass is 249 g/mol. The molecule has 0 atom stereocenters. The highest BCUT2D eigenvalue weighted by Crippen LogP contribution is 2.15. The Kier molecular flexibility index (Phi) is 5.13. The van der Waals surface area contributed by atoms with Crippen molar-refractivity contribution >= 4 is 5.91 Å². The van der Waals surface area contributed by atoms with E-state index in [4.69, 9.17) is 0 Å². The highest BCUT2D eigenvalue weighted by atomic mass is 16.1. The smallest absolute Gasteiger partial charge is 0.220 e. The van der Waals surface area contributed by atoms with Crippen LogP contribution in [0.4, 0.5) is 0 Å². The first-order valence-corrected chi connectivity index (χ1v) is 6.38. The lowest BCUT2D eigenvalue weighted by molar-refractivity contribution is -0.121. The van der Waals surface area contributed by atoms with Crippen molar-refractivity contribution in [2.75, 3.05) is 0 Å². The Morgan fingerprint density at radius 2 is 2.17 bits per heavy atom. The minimum atomic E-state index is 0.0975. The third-order valence-corrected chi connectivity index (χ3v) is 2.89. The van der Waals surface area contributed by atoms with Crippen LogP contribution in [0.5, 0.6) is 0 Å². The molecule has 0 aliphatic heterocycles. The molecule has 1 aromatic heterocycles. The van der Waals surface area contributed by atoms with Crippen LogP contribution < -0.4 is 5.32 Å². The maximum Gasteiger partial charge on any atom is 0.220 e. The number of hydrogen-bond donors (Lipinski definition) is 1. The summed E-state index contributed by atoms with van der Waals surface area (Å²) in [6.45, 7) is 12.4. The second-order valence-electron chi connectivity index (χ2n) is 4.84. The minimum absolute atomic E-state index is 0.0975. The number of nitrogens with zero attached hydrogens (tertiary/aromatic N) is 2. The zero-order chi connectivity index (χ0) is 13.7. The van der Waals surface area contributed by atoms with Gasteiger partial charge in [-0.05, 0) is 39.7 Å². The molecule has 0 unspecified atom stereocenters. The summed E-state index contributed by atoms with van der Waals surface area (Å²) in [4.78, 5) is 11.6. The summed E-state index contributed by atoms with van der Waals surface area (Å²) < 4.78 is 1.93. The van der Waals surface area contributed by atoms with E-state index in [9.17, 15) is 4.79 Å². The molecule has 0 aliphatic carbocycles. The molecule has 4 heteroatoms. The Balaban J connectivity index is 2.67. The van der Waals surface area contributed by atoms with Crippen molar-refractivity contribution in [3.05, 3.63) is 29.6 Å². The fraction of sp³-hybridized carbons (Fsp3) is 0.571. The van der Waals surface area contributed by atoms with E-state index in [1.165, 1.54) is 5.56 Å². The third kappa shape index (κ3) is 3.72. The van der Waals surface area contributed by atoms with Crippen LogP contribution in [0.25, 0.3) is 0 Å². The molecule has 0 saturated carbocycles. The molecule has 0 spiro atoms. The summed E-state index contributed by atoms with van der Waals surface area (Å²) in [6.07, 6.45) is 3.09. The molecule has 100 valence electrons. The molecule has 18 heavy (non-hydrogen) atoms. The number of aromatic nitrogens is 2. The molecule has 1 amide bonds. The molecule has 0 aromatic carbocycles. The van der Waals surface area contributed by atoms with Gasteiger partial charge in [-0.3, -0.25) is 9.48 Å². The predicted octanol–water partition coefficient (Wildman–Crippen LogP) is 2.14. The van der Waals surface area contributed by atoms with E-state index in [0.717, 1.165) is 17.8 Å². The van der Waals surface area contributed by atoms with Gasteiger partial charge in [0.15, 0.2) is 0 Å². The molecular formula is C14H23N3O. The standard InChI is InChI=1S/C14H23N3O/c1-6-9-17-12(5)13(11(4)16-17)7-8-14(18)15-10(2)3/h6,10H,1,7-9H2,2-5H3,(H,15,18). The number of carbonyl (C=O) groups excluding carboxylic acids is 1. The molecule has 0 saturated heterocycles. The fourth-order valence-electron chi connectivity index (χ4n) is 2.03. The van der Waals surface area contributed by atoms with E-state index in [1.807, 2.05) is 38.5 Å². The SMILES string of the molecule is C=CCn1nc(C)c(CCC(=O)NC(C)C)c1C. The number of rotatable bonds is 6. The van der Waals surface area contributed by atoms with Crippen LogP contribution in [0.1, 0.15) is 37.2 Å². The molecule has 0 aliphatic rings. The van der Waals surface area contributed by atoms with Gasteiger partial charge in [0, 0.05) is 18.2 Å². The summed E-state index contributed by atoms with van der Waals surface area (Å²) in [5.41, 5.74) is 3.31. The van der Waals surface area contributed by atoms with Crippen molar-refractivity contribution in [2.24, 2.45) is 0 Å². The van der Waals surface area contributed by atoms with Gasteiger partial charge in [-0.1, -0.05) is 6.08 Å². The topological polar surface area (TPSA) is 46.9 Å². The van der Waals surface area contributed by atoms with Gasteiger partial charge in [-0.15, -0.1) is 6.58 Å². The van der Waals surface area contributed by atoms with Gasteiger partial charge in [-0.2, -0.15) is 5.10 Å². The summed E-state index contributed by atoms with van der Waals surface area (Å²) >= 11 is 0. The lowest BCUT2D eigenvalue weighted by Gasteiger charge is -2.08. The van der Waals surface area contributed by atoms with Crippen LogP contribution in [0.2, 0.25) is 0 Å². The normalized spacial score (nSPS) is 10.7. The minimum Gasteiger partial charge on any atom is -0.354 e. The van der Waals surface area contributed by atoms with E-state index in [-0.39, 0.29) is 11.9 Å². The van der Waals surface area contributed by atoms with E-state index in [0.29, 0.717) is 13.0 Å². The van der Waals surface area contributed by atoms with Crippen LogP contribution in [0, 0.1) is 13.8 Å². The first-order valence-electron chi connectivity index (χ1n) is 6.38. The van der Waals surface area contributed by atoms with Crippen molar-refractivity contribution in [3.63, 3.8) is 0 Å². The molecule has 0 bridgehead atoms. The fourth-order valence-corrected chi connectivity index (χ4v) is 2.03. The van der Waals surface area contributed by atoms with Gasteiger partial charge in [0.05, 0.1) is 12.2 Å². The van der Waals surface area contributed by atoms with E-state index in [1.54, 1.807) is 0 Å². The van der Waals surface area contributed by atoms with Crippen molar-refractivity contribution in [2.45, 2.75) is 53.1 Å². The number of hydrogen-bond acceptors (Lipinski definition) is 2. The number of allylic oxidation sites excluding steroid dienone is 1. The highest BCUT2D eigenvalue weighted by Gasteiger charge is 2.12. The molecule has 1 N–H and O–H groups in total. The van der Waals surface area contributed by atoms with E-state index >= 15 is 0 Å². The zero-order valence-corrected chi connectivity index (χ0v) is 11.8. The van der Waals surface area contributed by atoms with Gasteiger partial charge in [-0.25, -0.2) is 0 Å². The Morgan fingerprint density at radius 3 is 2.72 bits per heavy atom. The van der Waals surface area contributed by atoms with Crippen molar-refractivity contribution < 1.29 is 4.79 Å². The zero-order valence-electron chi connectivity index (χ0n) is 11.8. The predicted molar refractivity (Wildman–Crippen MR) is 73.5 cm³/mol. The third-order valence-electron chi connectivity index (χ3n) is 2.89. The summed E-state index contributed by atoms with van der Waals surface area (Å²) in [6, 6.07) is 0.197.